The van der Waals surface area contributed by atoms with Gasteiger partial charge in [0.1, 0.15) is 5.75 Å². The quantitative estimate of drug-likeness (QED) is 0.776. The highest BCUT2D eigenvalue weighted by molar-refractivity contribution is 7.95. The van der Waals surface area contributed by atoms with E-state index in [-0.39, 0.29) is 12.5 Å². The maximum atomic E-state index is 13.0. The van der Waals surface area contributed by atoms with Crippen LogP contribution in [0.5, 0.6) is 5.75 Å². The molecule has 2 aromatic carbocycles. The lowest BCUT2D eigenvalue weighted by atomic mass is 10.2. The molecule has 0 aromatic heterocycles. The lowest BCUT2D eigenvalue weighted by Gasteiger charge is -2.34. The molecule has 1 aliphatic heterocycles. The Labute approximate surface area is 169 Å². The number of hydrogen-bond acceptors (Lipinski definition) is 4. The number of carbonyl (C=O) groups is 1. The number of fused-ring (bicyclic) bond motifs is 1. The van der Waals surface area contributed by atoms with E-state index >= 15 is 0 Å². The van der Waals surface area contributed by atoms with Gasteiger partial charge >= 0.3 is 0 Å². The Morgan fingerprint density at radius 3 is 2.68 bits per heavy atom. The Morgan fingerprint density at radius 1 is 1.25 bits per heavy atom. The van der Waals surface area contributed by atoms with E-state index in [1.165, 1.54) is 10.4 Å². The van der Waals surface area contributed by atoms with Crippen molar-refractivity contribution >= 4 is 39.3 Å². The van der Waals surface area contributed by atoms with Gasteiger partial charge in [-0.25, -0.2) is 8.42 Å². The molecule has 8 heteroatoms. The lowest BCUT2D eigenvalue weighted by molar-refractivity contribution is -0.127. The Hall–Kier alpha value is -2.51. The topological polar surface area (TPSA) is 75.7 Å². The van der Waals surface area contributed by atoms with E-state index < -0.39 is 16.1 Å². The monoisotopic (exact) mass is 420 g/mol. The fourth-order valence-electron chi connectivity index (χ4n) is 2.75. The van der Waals surface area contributed by atoms with Crippen LogP contribution in [-0.2, 0) is 14.8 Å². The number of amides is 1. The van der Waals surface area contributed by atoms with Gasteiger partial charge in [0, 0.05) is 11.6 Å². The second kappa shape index (κ2) is 8.67. The number of anilines is 1. The highest BCUT2D eigenvalue weighted by Gasteiger charge is 2.35. The molecule has 3 rings (SSSR count). The first-order chi connectivity index (χ1) is 13.4. The van der Waals surface area contributed by atoms with Gasteiger partial charge in [-0.05, 0) is 42.3 Å². The summed E-state index contributed by atoms with van der Waals surface area (Å²) in [7, 11) is -3.83. The van der Waals surface area contributed by atoms with Crippen LogP contribution >= 0.6 is 11.6 Å². The molecule has 0 saturated heterocycles. The Balaban J connectivity index is 1.89. The first-order valence-electron chi connectivity index (χ1n) is 8.90. The molecule has 1 aliphatic rings. The number of benzene rings is 2. The van der Waals surface area contributed by atoms with Crippen molar-refractivity contribution < 1.29 is 17.9 Å². The molecular weight excluding hydrogens is 400 g/mol. The highest BCUT2D eigenvalue weighted by atomic mass is 35.5. The number of halogens is 1. The molecule has 1 N–H and O–H groups in total. The normalized spacial score (nSPS) is 16.5. The molecule has 1 amide bonds. The summed E-state index contributed by atoms with van der Waals surface area (Å²) in [5, 5.41) is 4.45. The summed E-state index contributed by atoms with van der Waals surface area (Å²) in [6, 6.07) is 13.6. The third kappa shape index (κ3) is 4.66. The molecule has 148 valence electrons. The maximum Gasteiger partial charge on any atom is 0.263 e. The molecule has 1 atom stereocenters. The molecule has 6 nitrogen and oxygen atoms in total. The van der Waals surface area contributed by atoms with Crippen molar-refractivity contribution in [3.05, 3.63) is 64.5 Å². The maximum absolute atomic E-state index is 13.0. The van der Waals surface area contributed by atoms with Crippen LogP contribution < -0.4 is 14.4 Å². The smallest absolute Gasteiger partial charge is 0.263 e. The van der Waals surface area contributed by atoms with Gasteiger partial charge in [-0.15, -0.1) is 0 Å². The second-order valence-corrected chi connectivity index (χ2v) is 8.47. The molecule has 0 bridgehead atoms. The fourth-order valence-corrected chi connectivity index (χ4v) is 4.12. The Bertz CT molecular complexity index is 974. The average Bonchev–Trinajstić information content (AvgIpc) is 2.70. The first-order valence-corrected chi connectivity index (χ1v) is 10.8. The van der Waals surface area contributed by atoms with Crippen LogP contribution in [0.1, 0.15) is 18.9 Å². The van der Waals surface area contributed by atoms with Gasteiger partial charge in [-0.1, -0.05) is 42.8 Å². The molecule has 0 spiro atoms. The van der Waals surface area contributed by atoms with Crippen LogP contribution in [0.15, 0.2) is 53.9 Å². The minimum Gasteiger partial charge on any atom is -0.476 e. The number of carbonyl (C=O) groups excluding carboxylic acids is 1. The van der Waals surface area contributed by atoms with Gasteiger partial charge in [0.25, 0.3) is 15.9 Å². The van der Waals surface area contributed by atoms with E-state index in [0.717, 1.165) is 11.8 Å². The van der Waals surface area contributed by atoms with E-state index in [9.17, 15) is 13.2 Å². The van der Waals surface area contributed by atoms with Crippen LogP contribution in [0.4, 0.5) is 5.69 Å². The summed E-state index contributed by atoms with van der Waals surface area (Å²) in [6.07, 6.45) is 1.36. The van der Waals surface area contributed by atoms with Crippen molar-refractivity contribution in [2.75, 3.05) is 17.4 Å². The first kappa shape index (κ1) is 20.2. The fraction of sp³-hybridized carbons (Fsp3) is 0.250. The minimum atomic E-state index is -3.83. The highest BCUT2D eigenvalue weighted by Crippen LogP contribution is 2.35. The summed E-state index contributed by atoms with van der Waals surface area (Å²) in [6.45, 7) is 2.35. The number of para-hydroxylation sites is 2. The van der Waals surface area contributed by atoms with Crippen molar-refractivity contribution in [3.63, 3.8) is 0 Å². The predicted octanol–water partition coefficient (Wildman–Crippen LogP) is 3.43. The van der Waals surface area contributed by atoms with Crippen LogP contribution in [0.3, 0.4) is 0 Å². The van der Waals surface area contributed by atoms with E-state index in [0.29, 0.717) is 28.6 Å². The van der Waals surface area contributed by atoms with Gasteiger partial charge in [0.2, 0.25) is 0 Å². The summed E-state index contributed by atoms with van der Waals surface area (Å²) >= 11 is 5.86. The number of sulfonamides is 1. The number of nitrogens with zero attached hydrogens (tertiary/aromatic N) is 1. The number of rotatable bonds is 6. The summed E-state index contributed by atoms with van der Waals surface area (Å²) in [5.41, 5.74) is 1.11. The van der Waals surface area contributed by atoms with Crippen LogP contribution in [0.25, 0.3) is 6.08 Å². The zero-order chi connectivity index (χ0) is 20.1. The Morgan fingerprint density at radius 2 is 1.96 bits per heavy atom. The lowest BCUT2D eigenvalue weighted by Crippen LogP contribution is -2.50. The van der Waals surface area contributed by atoms with Crippen LogP contribution in [-0.4, -0.2) is 33.5 Å². The molecule has 0 aliphatic carbocycles. The van der Waals surface area contributed by atoms with Gasteiger partial charge in [0.05, 0.1) is 17.6 Å². The zero-order valence-corrected chi connectivity index (χ0v) is 16.9. The molecule has 2 aromatic rings. The van der Waals surface area contributed by atoms with Gasteiger partial charge < -0.3 is 10.1 Å². The largest absolute Gasteiger partial charge is 0.476 e. The molecule has 0 saturated carbocycles. The third-order valence-corrected chi connectivity index (χ3v) is 5.88. The van der Waals surface area contributed by atoms with E-state index in [2.05, 4.69) is 5.32 Å². The average molecular weight is 421 g/mol. The van der Waals surface area contributed by atoms with Gasteiger partial charge in [0.15, 0.2) is 6.10 Å². The van der Waals surface area contributed by atoms with Gasteiger partial charge in [-0.2, -0.15) is 0 Å². The molecule has 0 unspecified atom stereocenters. The number of nitrogens with one attached hydrogen (secondary N) is 1. The van der Waals surface area contributed by atoms with Crippen molar-refractivity contribution in [1.82, 2.24) is 5.32 Å². The standard InChI is InChI=1S/C20H21ClN2O4S/c1-2-12-22-20(24)19-14-23(17-5-3-4-6-18(17)27-19)28(25,26)13-11-15-7-9-16(21)10-8-15/h3-11,13,19H,2,12,14H2,1H3,(H,22,24)/b13-11+/t19-/m0/s1. The SMILES string of the molecule is CCCNC(=O)[C@@H]1CN(S(=O)(=O)/C=C/c2ccc(Cl)cc2)c2ccccc2O1. The van der Waals surface area contributed by atoms with Gasteiger partial charge in [-0.3, -0.25) is 9.10 Å². The Kier molecular flexibility index (Phi) is 6.26. The van der Waals surface area contributed by atoms with Crippen LogP contribution in [0.2, 0.25) is 5.02 Å². The van der Waals surface area contributed by atoms with Crippen LogP contribution in [0, 0.1) is 0 Å². The van der Waals surface area contributed by atoms with E-state index in [1.54, 1.807) is 48.5 Å². The molecular formula is C20H21ClN2O4S. The van der Waals surface area contributed by atoms with Crippen molar-refractivity contribution in [3.8, 4) is 5.75 Å². The second-order valence-electron chi connectivity index (χ2n) is 6.30. The number of ether oxygens (including phenoxy) is 1. The summed E-state index contributed by atoms with van der Waals surface area (Å²) in [4.78, 5) is 12.4. The summed E-state index contributed by atoms with van der Waals surface area (Å²) in [5.74, 6) is 0.0205. The molecule has 0 radical (unpaired) electrons. The van der Waals surface area contributed by atoms with Crippen molar-refractivity contribution in [1.29, 1.82) is 0 Å². The van der Waals surface area contributed by atoms with Crippen molar-refractivity contribution in [2.24, 2.45) is 0 Å². The minimum absolute atomic E-state index is 0.0974. The van der Waals surface area contributed by atoms with E-state index in [1.807, 2.05) is 6.92 Å². The van der Waals surface area contributed by atoms with Crippen molar-refractivity contribution in [2.45, 2.75) is 19.4 Å². The molecule has 1 heterocycles. The predicted molar refractivity (Wildman–Crippen MR) is 111 cm³/mol. The molecule has 28 heavy (non-hydrogen) atoms. The number of hydrogen-bond donors (Lipinski definition) is 1. The summed E-state index contributed by atoms with van der Waals surface area (Å²) < 4.78 is 32.9. The van der Waals surface area contributed by atoms with E-state index in [4.69, 9.17) is 16.3 Å². The zero-order valence-electron chi connectivity index (χ0n) is 15.3. The molecule has 0 fully saturated rings. The third-order valence-electron chi connectivity index (χ3n) is 4.19.